The van der Waals surface area contributed by atoms with Crippen LogP contribution in [-0.4, -0.2) is 4.57 Å². The Balaban J connectivity index is 1.30. The molecule has 1 aliphatic carbocycles. The summed E-state index contributed by atoms with van der Waals surface area (Å²) in [5.74, 6) is 2.41. The van der Waals surface area contributed by atoms with Gasteiger partial charge in [0.25, 0.3) is 0 Å². The van der Waals surface area contributed by atoms with Crippen molar-refractivity contribution in [3.8, 4) is 11.4 Å². The number of hydrogen-bond acceptors (Lipinski definition) is 3. The van der Waals surface area contributed by atoms with Crippen LogP contribution in [0.3, 0.4) is 0 Å². The van der Waals surface area contributed by atoms with Crippen LogP contribution in [-0.2, 0) is 5.41 Å². The summed E-state index contributed by atoms with van der Waals surface area (Å²) in [5.41, 5.74) is 12.6. The molecule has 5 aromatic carbocycles. The summed E-state index contributed by atoms with van der Waals surface area (Å²) in [6.45, 7) is 11.3. The maximum absolute atomic E-state index is 6.74. The summed E-state index contributed by atoms with van der Waals surface area (Å²) in [5, 5.41) is 2.64. The number of thiophene rings is 1. The zero-order valence-electron chi connectivity index (χ0n) is 28.3. The first-order valence-electron chi connectivity index (χ1n) is 17.2. The minimum Gasteiger partial charge on any atom is -0.459 e. The predicted molar refractivity (Wildman–Crippen MR) is 204 cm³/mol. The molecule has 0 fully saturated rings. The van der Waals surface area contributed by atoms with E-state index in [0.717, 1.165) is 30.8 Å². The van der Waals surface area contributed by atoms with Crippen LogP contribution in [0, 0.1) is 13.8 Å². The Morgan fingerprint density at radius 2 is 1.58 bits per heavy atom. The molecule has 48 heavy (non-hydrogen) atoms. The van der Waals surface area contributed by atoms with E-state index < -0.39 is 0 Å². The molecule has 3 heterocycles. The van der Waals surface area contributed by atoms with Gasteiger partial charge in [0.2, 0.25) is 0 Å². The lowest BCUT2D eigenvalue weighted by atomic mass is 9.86. The number of nitrogens with zero attached hydrogens (tertiary/aromatic N) is 2. The van der Waals surface area contributed by atoms with Gasteiger partial charge in [0, 0.05) is 44.0 Å². The number of aryl methyl sites for hydroxylation is 2. The molecule has 0 radical (unpaired) electrons. The van der Waals surface area contributed by atoms with Crippen LogP contribution in [0.1, 0.15) is 68.2 Å². The van der Waals surface area contributed by atoms with Gasteiger partial charge in [-0.15, -0.1) is 11.3 Å². The molecule has 1 aliphatic heterocycles. The number of benzene rings is 5. The Labute approximate surface area is 286 Å². The van der Waals surface area contributed by atoms with Gasteiger partial charge in [-0.1, -0.05) is 75.4 Å². The second-order valence-electron chi connectivity index (χ2n) is 14.7. The molecular formula is C44H40N2OS. The number of rotatable bonds is 4. The largest absolute Gasteiger partial charge is 0.459 e. The van der Waals surface area contributed by atoms with Crippen LogP contribution in [0.15, 0.2) is 121 Å². The number of ether oxygens (including phenoxy) is 1. The normalized spacial score (nSPS) is 16.1. The van der Waals surface area contributed by atoms with E-state index in [1.807, 2.05) is 11.3 Å². The Morgan fingerprint density at radius 1 is 0.771 bits per heavy atom. The standard InChI is InChI=1S/C44H40N2OS/c1-27-12-10-13-30(22-27)45(38-17-11-16-34-33-14-6-8-18-39(33)47-42(34)38)31-23-28(2)24-32(26-31)46-37-21-20-29(44(3,4)5)25-36(37)43-41(46)35-15-7-9-19-40(35)48-43/h6-10,12-15,18-26,34H,11,16-17H2,1-5H3. The van der Waals surface area contributed by atoms with Gasteiger partial charge in [-0.05, 0) is 110 Å². The molecule has 0 amide bonds. The Kier molecular flexibility index (Phi) is 6.64. The summed E-state index contributed by atoms with van der Waals surface area (Å²) in [6.07, 6.45) is 3.21. The Morgan fingerprint density at radius 3 is 2.44 bits per heavy atom. The Bertz CT molecular complexity index is 2430. The van der Waals surface area contributed by atoms with E-state index in [1.165, 1.54) is 76.2 Å². The van der Waals surface area contributed by atoms with E-state index in [4.69, 9.17) is 4.74 Å². The van der Waals surface area contributed by atoms with E-state index in [2.05, 4.69) is 153 Å². The third kappa shape index (κ3) is 4.61. The summed E-state index contributed by atoms with van der Waals surface area (Å²) >= 11 is 1.91. The minimum atomic E-state index is 0.0683. The third-order valence-electron chi connectivity index (χ3n) is 10.3. The van der Waals surface area contributed by atoms with Gasteiger partial charge in [0.15, 0.2) is 0 Å². The van der Waals surface area contributed by atoms with Crippen molar-refractivity contribution in [3.05, 3.63) is 143 Å². The van der Waals surface area contributed by atoms with Crippen molar-refractivity contribution in [2.45, 2.75) is 65.2 Å². The first-order valence-corrected chi connectivity index (χ1v) is 18.0. The number of aromatic nitrogens is 1. The van der Waals surface area contributed by atoms with Gasteiger partial charge >= 0.3 is 0 Å². The van der Waals surface area contributed by atoms with Crippen molar-refractivity contribution < 1.29 is 4.74 Å². The fourth-order valence-electron chi connectivity index (χ4n) is 7.99. The first kappa shape index (κ1) is 29.3. The third-order valence-corrected chi connectivity index (χ3v) is 11.4. The average Bonchev–Trinajstić information content (AvgIpc) is 3.73. The molecule has 0 bridgehead atoms. The van der Waals surface area contributed by atoms with Crippen molar-refractivity contribution in [2.24, 2.45) is 0 Å². The molecule has 9 rings (SSSR count). The molecule has 0 saturated carbocycles. The van der Waals surface area contributed by atoms with E-state index in [-0.39, 0.29) is 5.41 Å². The molecule has 238 valence electrons. The number of anilines is 2. The molecule has 1 atom stereocenters. The zero-order chi connectivity index (χ0) is 32.7. The SMILES string of the molecule is Cc1cccc(N(C2=C3Oc4ccccc4C3CCC2)c2cc(C)cc(-n3c4ccc(C(C)(C)C)cc4c4sc5ccccc5c43)c2)c1. The van der Waals surface area contributed by atoms with Crippen LogP contribution >= 0.6 is 11.3 Å². The summed E-state index contributed by atoms with van der Waals surface area (Å²) in [6, 6.07) is 40.6. The minimum absolute atomic E-state index is 0.0683. The van der Waals surface area contributed by atoms with Crippen molar-refractivity contribution in [2.75, 3.05) is 4.90 Å². The van der Waals surface area contributed by atoms with Crippen LogP contribution < -0.4 is 9.64 Å². The molecule has 7 aromatic rings. The van der Waals surface area contributed by atoms with Gasteiger partial charge in [-0.25, -0.2) is 0 Å². The molecule has 0 spiro atoms. The second kappa shape index (κ2) is 10.9. The van der Waals surface area contributed by atoms with Gasteiger partial charge < -0.3 is 14.2 Å². The van der Waals surface area contributed by atoms with Gasteiger partial charge in [-0.2, -0.15) is 0 Å². The second-order valence-corrected chi connectivity index (χ2v) is 15.7. The highest BCUT2D eigenvalue weighted by atomic mass is 32.1. The number of para-hydroxylation sites is 1. The molecule has 4 heteroatoms. The van der Waals surface area contributed by atoms with Gasteiger partial charge in [0.1, 0.15) is 11.5 Å². The smallest absolute Gasteiger partial charge is 0.131 e. The molecule has 0 N–H and O–H groups in total. The molecule has 0 saturated heterocycles. The van der Waals surface area contributed by atoms with Gasteiger partial charge in [0.05, 0.1) is 21.4 Å². The topological polar surface area (TPSA) is 17.4 Å². The molecule has 3 nitrogen and oxygen atoms in total. The van der Waals surface area contributed by atoms with Crippen molar-refractivity contribution in [1.82, 2.24) is 4.57 Å². The number of fused-ring (bicyclic) bond motifs is 8. The summed E-state index contributed by atoms with van der Waals surface area (Å²) in [7, 11) is 0. The lowest BCUT2D eigenvalue weighted by Crippen LogP contribution is -2.24. The Hall–Kier alpha value is -4.80. The monoisotopic (exact) mass is 644 g/mol. The van der Waals surface area contributed by atoms with Crippen molar-refractivity contribution >= 4 is 53.9 Å². The maximum Gasteiger partial charge on any atom is 0.131 e. The summed E-state index contributed by atoms with van der Waals surface area (Å²) in [4.78, 5) is 2.49. The van der Waals surface area contributed by atoms with Crippen LogP contribution in [0.4, 0.5) is 11.4 Å². The van der Waals surface area contributed by atoms with Crippen molar-refractivity contribution in [3.63, 3.8) is 0 Å². The fourth-order valence-corrected chi connectivity index (χ4v) is 9.20. The molecule has 2 aromatic heterocycles. The van der Waals surface area contributed by atoms with Crippen LogP contribution in [0.5, 0.6) is 5.75 Å². The lowest BCUT2D eigenvalue weighted by molar-refractivity contribution is 0.391. The molecule has 1 unspecified atom stereocenters. The molecular weight excluding hydrogens is 605 g/mol. The number of allylic oxidation sites excluding steroid dienone is 2. The van der Waals surface area contributed by atoms with Crippen LogP contribution in [0.2, 0.25) is 0 Å². The van der Waals surface area contributed by atoms with E-state index >= 15 is 0 Å². The highest BCUT2D eigenvalue weighted by Crippen LogP contribution is 2.51. The van der Waals surface area contributed by atoms with E-state index in [9.17, 15) is 0 Å². The highest BCUT2D eigenvalue weighted by Gasteiger charge is 2.37. The number of hydrogen-bond donors (Lipinski definition) is 0. The quantitative estimate of drug-likeness (QED) is 0.190. The van der Waals surface area contributed by atoms with Gasteiger partial charge in [-0.3, -0.25) is 0 Å². The average molecular weight is 645 g/mol. The maximum atomic E-state index is 6.74. The van der Waals surface area contributed by atoms with E-state index in [1.54, 1.807) is 0 Å². The van der Waals surface area contributed by atoms with E-state index in [0.29, 0.717) is 5.92 Å². The van der Waals surface area contributed by atoms with Crippen molar-refractivity contribution in [1.29, 1.82) is 0 Å². The summed E-state index contributed by atoms with van der Waals surface area (Å²) < 4.78 is 11.9. The zero-order valence-corrected chi connectivity index (χ0v) is 29.1. The fraction of sp³-hybridized carbons (Fsp3) is 0.227. The highest BCUT2D eigenvalue weighted by molar-refractivity contribution is 7.26. The lowest BCUT2D eigenvalue weighted by Gasteiger charge is -2.33. The van der Waals surface area contributed by atoms with Crippen LogP contribution in [0.25, 0.3) is 36.9 Å². The molecule has 2 aliphatic rings. The first-order chi connectivity index (χ1) is 23.2. The predicted octanol–water partition coefficient (Wildman–Crippen LogP) is 12.6.